The van der Waals surface area contributed by atoms with Crippen LogP contribution in [0.2, 0.25) is 0 Å². The Morgan fingerprint density at radius 2 is 2.24 bits per heavy atom. The number of sulfone groups is 1. The Labute approximate surface area is 131 Å². The summed E-state index contributed by atoms with van der Waals surface area (Å²) in [6.45, 7) is 3.55. The van der Waals surface area contributed by atoms with Gasteiger partial charge in [-0.3, -0.25) is 4.90 Å². The first-order chi connectivity index (χ1) is 10.0. The highest BCUT2D eigenvalue weighted by Crippen LogP contribution is 2.24. The smallest absolute Gasteiger partial charge is 0.164 e. The van der Waals surface area contributed by atoms with Gasteiger partial charge in [-0.1, -0.05) is 18.2 Å². The number of hydrogen-bond acceptors (Lipinski definition) is 5. The molecule has 0 amide bonds. The highest BCUT2D eigenvalue weighted by molar-refractivity contribution is 8.00. The van der Waals surface area contributed by atoms with Crippen LogP contribution < -0.4 is 5.32 Å². The third-order valence-electron chi connectivity index (χ3n) is 4.23. The van der Waals surface area contributed by atoms with Crippen LogP contribution in [0.1, 0.15) is 16.7 Å². The van der Waals surface area contributed by atoms with Crippen molar-refractivity contribution in [2.75, 3.05) is 30.9 Å². The van der Waals surface area contributed by atoms with Crippen molar-refractivity contribution in [2.45, 2.75) is 24.9 Å². The second kappa shape index (κ2) is 6.28. The van der Waals surface area contributed by atoms with E-state index in [0.29, 0.717) is 5.75 Å². The van der Waals surface area contributed by atoms with Crippen LogP contribution in [-0.2, 0) is 29.3 Å². The number of benzene rings is 1. The molecule has 1 atom stereocenters. The standard InChI is InChI=1S/C15H22N2O2S2/c1-21(18,19)15-11-20-7-6-17(15)10-12-2-3-13-4-5-16-9-14(13)8-12/h2-3,8,15-16H,4-7,9-11H2,1H3. The van der Waals surface area contributed by atoms with Gasteiger partial charge in [0.15, 0.2) is 9.84 Å². The van der Waals surface area contributed by atoms with Crippen molar-refractivity contribution in [3.8, 4) is 0 Å². The van der Waals surface area contributed by atoms with Crippen LogP contribution in [0, 0.1) is 0 Å². The normalized spacial score (nSPS) is 23.8. The van der Waals surface area contributed by atoms with Gasteiger partial charge in [-0.25, -0.2) is 8.42 Å². The molecule has 4 nitrogen and oxygen atoms in total. The minimum Gasteiger partial charge on any atom is -0.312 e. The summed E-state index contributed by atoms with van der Waals surface area (Å²) >= 11 is 1.74. The van der Waals surface area contributed by atoms with Crippen LogP contribution in [0.3, 0.4) is 0 Å². The van der Waals surface area contributed by atoms with Gasteiger partial charge in [0.2, 0.25) is 0 Å². The van der Waals surface area contributed by atoms with E-state index in [0.717, 1.165) is 38.4 Å². The fraction of sp³-hybridized carbons (Fsp3) is 0.600. The van der Waals surface area contributed by atoms with Crippen LogP contribution in [-0.4, -0.2) is 49.5 Å². The summed E-state index contributed by atoms with van der Waals surface area (Å²) in [5, 5.41) is 3.05. The highest BCUT2D eigenvalue weighted by atomic mass is 32.2. The van der Waals surface area contributed by atoms with Crippen LogP contribution in [0.25, 0.3) is 0 Å². The van der Waals surface area contributed by atoms with E-state index < -0.39 is 9.84 Å². The monoisotopic (exact) mass is 326 g/mol. The molecular weight excluding hydrogens is 304 g/mol. The molecule has 0 bridgehead atoms. The Morgan fingerprint density at radius 1 is 1.38 bits per heavy atom. The van der Waals surface area contributed by atoms with E-state index in [1.165, 1.54) is 22.9 Å². The average molecular weight is 326 g/mol. The molecule has 2 aliphatic rings. The molecule has 116 valence electrons. The van der Waals surface area contributed by atoms with E-state index in [-0.39, 0.29) is 5.37 Å². The summed E-state index contributed by atoms with van der Waals surface area (Å²) in [5.41, 5.74) is 4.01. The molecule has 0 spiro atoms. The lowest BCUT2D eigenvalue weighted by atomic mass is 9.98. The van der Waals surface area contributed by atoms with Gasteiger partial charge in [0.25, 0.3) is 0 Å². The van der Waals surface area contributed by atoms with Gasteiger partial charge in [-0.05, 0) is 29.7 Å². The van der Waals surface area contributed by atoms with E-state index in [9.17, 15) is 8.42 Å². The Kier molecular flexibility index (Phi) is 4.59. The lowest BCUT2D eigenvalue weighted by Gasteiger charge is -2.34. The van der Waals surface area contributed by atoms with E-state index >= 15 is 0 Å². The average Bonchev–Trinajstić information content (AvgIpc) is 2.46. The molecule has 21 heavy (non-hydrogen) atoms. The minimum absolute atomic E-state index is 0.342. The third kappa shape index (κ3) is 3.62. The molecule has 1 N–H and O–H groups in total. The molecule has 0 saturated carbocycles. The first kappa shape index (κ1) is 15.3. The van der Waals surface area contributed by atoms with Crippen molar-refractivity contribution in [3.63, 3.8) is 0 Å². The van der Waals surface area contributed by atoms with Crippen molar-refractivity contribution in [1.29, 1.82) is 0 Å². The quantitative estimate of drug-likeness (QED) is 0.906. The fourth-order valence-corrected chi connectivity index (χ4v) is 6.00. The molecule has 0 aliphatic carbocycles. The second-order valence-corrected chi connectivity index (χ2v) is 9.21. The van der Waals surface area contributed by atoms with E-state index in [1.54, 1.807) is 11.8 Å². The van der Waals surface area contributed by atoms with E-state index in [2.05, 4.69) is 28.4 Å². The predicted octanol–water partition coefficient (Wildman–Crippen LogP) is 1.25. The first-order valence-corrected chi connectivity index (χ1v) is 10.5. The predicted molar refractivity (Wildman–Crippen MR) is 88.2 cm³/mol. The molecule has 1 saturated heterocycles. The number of fused-ring (bicyclic) bond motifs is 1. The van der Waals surface area contributed by atoms with Crippen molar-refractivity contribution < 1.29 is 8.42 Å². The van der Waals surface area contributed by atoms with Crippen molar-refractivity contribution in [2.24, 2.45) is 0 Å². The van der Waals surface area contributed by atoms with Gasteiger partial charge in [0, 0.05) is 37.4 Å². The zero-order valence-corrected chi connectivity index (χ0v) is 14.0. The third-order valence-corrected chi connectivity index (χ3v) is 6.91. The van der Waals surface area contributed by atoms with Gasteiger partial charge in [0.05, 0.1) is 0 Å². The largest absolute Gasteiger partial charge is 0.312 e. The lowest BCUT2D eigenvalue weighted by molar-refractivity contribution is 0.262. The summed E-state index contributed by atoms with van der Waals surface area (Å²) in [4.78, 5) is 2.11. The first-order valence-electron chi connectivity index (χ1n) is 7.36. The van der Waals surface area contributed by atoms with Gasteiger partial charge in [0.1, 0.15) is 5.37 Å². The van der Waals surface area contributed by atoms with Gasteiger partial charge >= 0.3 is 0 Å². The summed E-state index contributed by atoms with van der Waals surface area (Å²) < 4.78 is 23.9. The maximum atomic E-state index is 12.0. The van der Waals surface area contributed by atoms with Crippen molar-refractivity contribution in [3.05, 3.63) is 34.9 Å². The Morgan fingerprint density at radius 3 is 3.05 bits per heavy atom. The number of hydrogen-bond donors (Lipinski definition) is 1. The summed E-state index contributed by atoms with van der Waals surface area (Å²) in [7, 11) is -3.02. The lowest BCUT2D eigenvalue weighted by Crippen LogP contribution is -2.46. The Bertz CT molecular complexity index is 616. The zero-order chi connectivity index (χ0) is 14.9. The van der Waals surface area contributed by atoms with Crippen LogP contribution >= 0.6 is 11.8 Å². The summed E-state index contributed by atoms with van der Waals surface area (Å²) in [5.74, 6) is 1.70. The van der Waals surface area contributed by atoms with Crippen LogP contribution in [0.4, 0.5) is 0 Å². The SMILES string of the molecule is CS(=O)(=O)C1CSCCN1Cc1ccc2c(c1)CNCC2. The summed E-state index contributed by atoms with van der Waals surface area (Å²) in [6.07, 6.45) is 2.44. The van der Waals surface area contributed by atoms with Gasteiger partial charge in [-0.15, -0.1) is 0 Å². The maximum absolute atomic E-state index is 12.0. The van der Waals surface area contributed by atoms with Gasteiger partial charge in [-0.2, -0.15) is 11.8 Å². The molecule has 2 aliphatic heterocycles. The molecule has 1 unspecified atom stereocenters. The molecule has 1 aromatic carbocycles. The number of nitrogens with zero attached hydrogens (tertiary/aromatic N) is 1. The van der Waals surface area contributed by atoms with E-state index in [1.807, 2.05) is 0 Å². The number of thioether (sulfide) groups is 1. The van der Waals surface area contributed by atoms with Crippen molar-refractivity contribution >= 4 is 21.6 Å². The minimum atomic E-state index is -3.02. The summed E-state index contributed by atoms with van der Waals surface area (Å²) in [6, 6.07) is 6.60. The Balaban J connectivity index is 1.78. The number of nitrogens with one attached hydrogen (secondary N) is 1. The number of rotatable bonds is 3. The topological polar surface area (TPSA) is 49.4 Å². The molecule has 3 rings (SSSR count). The molecule has 2 heterocycles. The zero-order valence-electron chi connectivity index (χ0n) is 12.3. The van der Waals surface area contributed by atoms with Crippen LogP contribution in [0.5, 0.6) is 0 Å². The Hall–Kier alpha value is -0.560. The molecule has 0 radical (unpaired) electrons. The van der Waals surface area contributed by atoms with Crippen LogP contribution in [0.15, 0.2) is 18.2 Å². The molecule has 1 aromatic rings. The molecule has 0 aromatic heterocycles. The molecule has 6 heteroatoms. The maximum Gasteiger partial charge on any atom is 0.164 e. The van der Waals surface area contributed by atoms with E-state index in [4.69, 9.17) is 0 Å². The molecular formula is C15H22N2O2S2. The van der Waals surface area contributed by atoms with Gasteiger partial charge < -0.3 is 5.32 Å². The fourth-order valence-electron chi connectivity index (χ4n) is 3.06. The second-order valence-electron chi connectivity index (χ2n) is 5.86. The molecule has 1 fully saturated rings. The van der Waals surface area contributed by atoms with Crippen molar-refractivity contribution in [1.82, 2.24) is 10.2 Å². The highest BCUT2D eigenvalue weighted by Gasteiger charge is 2.30.